The van der Waals surface area contributed by atoms with Crippen molar-refractivity contribution < 1.29 is 23.5 Å². The van der Waals surface area contributed by atoms with Gasteiger partial charge in [0.1, 0.15) is 27.2 Å². The molecule has 2 heterocycles. The van der Waals surface area contributed by atoms with E-state index in [9.17, 15) is 9.59 Å². The van der Waals surface area contributed by atoms with E-state index < -0.39 is 5.97 Å². The van der Waals surface area contributed by atoms with Crippen LogP contribution in [-0.4, -0.2) is 41.4 Å². The fourth-order valence-electron chi connectivity index (χ4n) is 3.92. The lowest BCUT2D eigenvalue weighted by Crippen LogP contribution is -2.37. The number of rotatable bonds is 9. The van der Waals surface area contributed by atoms with Crippen LogP contribution >= 0.6 is 24.0 Å². The van der Waals surface area contributed by atoms with Gasteiger partial charge in [-0.25, -0.2) is 4.79 Å². The summed E-state index contributed by atoms with van der Waals surface area (Å²) in [6.45, 7) is 6.41. The topological polar surface area (TPSA) is 69.0 Å². The minimum Gasteiger partial charge on any atom is -0.496 e. The lowest BCUT2D eigenvalue weighted by atomic mass is 9.95. The van der Waals surface area contributed by atoms with Crippen LogP contribution in [0.3, 0.4) is 0 Å². The van der Waals surface area contributed by atoms with Gasteiger partial charge in [0, 0.05) is 17.7 Å². The highest BCUT2D eigenvalue weighted by Crippen LogP contribution is 2.36. The Bertz CT molecular complexity index is 1070. The van der Waals surface area contributed by atoms with Gasteiger partial charge in [-0.1, -0.05) is 50.7 Å². The molecular formula is C25H29NO5S2. The van der Waals surface area contributed by atoms with Crippen LogP contribution in [0.1, 0.15) is 56.2 Å². The van der Waals surface area contributed by atoms with Crippen molar-refractivity contribution in [1.29, 1.82) is 0 Å². The average Bonchev–Trinajstić information content (AvgIpc) is 3.40. The van der Waals surface area contributed by atoms with Gasteiger partial charge in [0.2, 0.25) is 0 Å². The van der Waals surface area contributed by atoms with E-state index in [2.05, 4.69) is 20.8 Å². The molecule has 1 atom stereocenters. The first kappa shape index (κ1) is 25.1. The highest BCUT2D eigenvalue weighted by Gasteiger charge is 2.36. The summed E-state index contributed by atoms with van der Waals surface area (Å²) >= 11 is 6.81. The van der Waals surface area contributed by atoms with E-state index in [1.54, 1.807) is 41.3 Å². The normalized spacial score (nSPS) is 16.1. The van der Waals surface area contributed by atoms with Crippen LogP contribution in [0, 0.1) is 5.92 Å². The molecule has 3 rings (SSSR count). The zero-order chi connectivity index (χ0) is 24.1. The number of esters is 1. The first-order valence-electron chi connectivity index (χ1n) is 11.0. The molecule has 2 aromatic rings. The molecule has 0 radical (unpaired) electrons. The van der Waals surface area contributed by atoms with Crippen LogP contribution in [0.15, 0.2) is 39.7 Å². The zero-order valence-corrected chi connectivity index (χ0v) is 21.2. The number of furan rings is 1. The van der Waals surface area contributed by atoms with Gasteiger partial charge in [0.25, 0.3) is 5.91 Å². The average molecular weight is 488 g/mol. The summed E-state index contributed by atoms with van der Waals surface area (Å²) in [5, 5.41) is 0. The van der Waals surface area contributed by atoms with Gasteiger partial charge in [-0.05, 0) is 49.6 Å². The number of hydrogen-bond donors (Lipinski definition) is 0. The molecule has 1 unspecified atom stereocenters. The Morgan fingerprint density at radius 1 is 1.21 bits per heavy atom. The van der Waals surface area contributed by atoms with Crippen LogP contribution in [0.5, 0.6) is 5.75 Å². The number of benzene rings is 1. The lowest BCUT2D eigenvalue weighted by Gasteiger charge is -2.26. The smallest absolute Gasteiger partial charge is 0.341 e. The van der Waals surface area contributed by atoms with E-state index in [-0.39, 0.29) is 11.9 Å². The number of thioether (sulfide) groups is 1. The molecule has 33 heavy (non-hydrogen) atoms. The molecule has 1 aliphatic heterocycles. The van der Waals surface area contributed by atoms with Crippen molar-refractivity contribution in [3.05, 3.63) is 46.6 Å². The highest BCUT2D eigenvalue weighted by molar-refractivity contribution is 8.26. The largest absolute Gasteiger partial charge is 0.496 e. The Morgan fingerprint density at radius 3 is 2.58 bits per heavy atom. The van der Waals surface area contributed by atoms with Gasteiger partial charge in [-0.2, -0.15) is 0 Å². The Labute approximate surface area is 204 Å². The molecule has 6 nitrogen and oxygen atoms in total. The fourth-order valence-corrected chi connectivity index (χ4v) is 5.36. The molecule has 0 bridgehead atoms. The fraction of sp³-hybridized carbons (Fsp3) is 0.400. The lowest BCUT2D eigenvalue weighted by molar-refractivity contribution is -0.123. The van der Waals surface area contributed by atoms with E-state index in [4.69, 9.17) is 26.1 Å². The van der Waals surface area contributed by atoms with Gasteiger partial charge in [-0.3, -0.25) is 9.69 Å². The van der Waals surface area contributed by atoms with E-state index in [0.29, 0.717) is 43.5 Å². The molecule has 8 heteroatoms. The van der Waals surface area contributed by atoms with Crippen LogP contribution in [0.25, 0.3) is 17.4 Å². The van der Waals surface area contributed by atoms with E-state index in [1.165, 1.54) is 26.0 Å². The number of hydrogen-bond acceptors (Lipinski definition) is 7. The summed E-state index contributed by atoms with van der Waals surface area (Å²) < 4.78 is 16.6. The number of carbonyl (C=O) groups excluding carboxylic acids is 2. The second-order valence-corrected chi connectivity index (χ2v) is 9.60. The molecule has 1 fully saturated rings. The number of ether oxygens (including phenoxy) is 2. The third kappa shape index (κ3) is 5.50. The maximum atomic E-state index is 13.1. The van der Waals surface area contributed by atoms with Crippen LogP contribution in [0.2, 0.25) is 0 Å². The number of amides is 1. The third-order valence-electron chi connectivity index (χ3n) is 5.88. The minimum atomic E-state index is -0.494. The summed E-state index contributed by atoms with van der Waals surface area (Å²) in [5.41, 5.74) is 1.00. The Hall–Kier alpha value is -2.58. The number of carbonyl (C=O) groups is 2. The van der Waals surface area contributed by atoms with Crippen LogP contribution in [-0.2, 0) is 9.53 Å². The van der Waals surface area contributed by atoms with Crippen molar-refractivity contribution in [1.82, 2.24) is 4.90 Å². The van der Waals surface area contributed by atoms with Gasteiger partial charge in [-0.15, -0.1) is 0 Å². The standard InChI is InChI=1S/C25H29NO5S2/c1-6-16(7-2)12-15(3)26-23(27)22(33-25(26)32)14-18-9-11-20(31-18)17-8-10-21(29-4)19(13-17)24(28)30-5/h8-11,13-16H,6-7,12H2,1-5H3/b22-14-. The maximum absolute atomic E-state index is 13.1. The van der Waals surface area contributed by atoms with Crippen LogP contribution in [0.4, 0.5) is 0 Å². The molecule has 0 saturated carbocycles. The number of nitrogens with zero attached hydrogens (tertiary/aromatic N) is 1. The van der Waals surface area contributed by atoms with Gasteiger partial charge in [0.05, 0.1) is 19.1 Å². The molecule has 1 saturated heterocycles. The van der Waals surface area contributed by atoms with Crippen molar-refractivity contribution in [3.63, 3.8) is 0 Å². The first-order valence-corrected chi connectivity index (χ1v) is 12.2. The molecule has 1 aliphatic rings. The predicted octanol–water partition coefficient (Wildman–Crippen LogP) is 6.16. The van der Waals surface area contributed by atoms with E-state index in [1.807, 2.05) is 0 Å². The van der Waals surface area contributed by atoms with E-state index in [0.717, 1.165) is 19.3 Å². The third-order valence-corrected chi connectivity index (χ3v) is 7.21. The van der Waals surface area contributed by atoms with Crippen molar-refractivity contribution in [2.24, 2.45) is 5.92 Å². The molecule has 0 N–H and O–H groups in total. The summed E-state index contributed by atoms with van der Waals surface area (Å²) in [6.07, 6.45) is 4.82. The van der Waals surface area contributed by atoms with Gasteiger partial charge < -0.3 is 13.9 Å². The highest BCUT2D eigenvalue weighted by atomic mass is 32.2. The molecule has 0 spiro atoms. The molecule has 0 aliphatic carbocycles. The monoisotopic (exact) mass is 487 g/mol. The summed E-state index contributed by atoms with van der Waals surface area (Å²) in [4.78, 5) is 27.4. The zero-order valence-electron chi connectivity index (χ0n) is 19.5. The first-order chi connectivity index (χ1) is 15.8. The Morgan fingerprint density at radius 2 is 1.94 bits per heavy atom. The van der Waals surface area contributed by atoms with Crippen LogP contribution < -0.4 is 4.74 Å². The Balaban J connectivity index is 1.81. The van der Waals surface area contributed by atoms with Crippen molar-refractivity contribution in [3.8, 4) is 17.1 Å². The molecule has 1 amide bonds. The second-order valence-electron chi connectivity index (χ2n) is 7.93. The summed E-state index contributed by atoms with van der Waals surface area (Å²) in [7, 11) is 2.81. The van der Waals surface area contributed by atoms with E-state index >= 15 is 0 Å². The number of thiocarbonyl (C=S) groups is 1. The molecule has 1 aromatic heterocycles. The maximum Gasteiger partial charge on any atom is 0.341 e. The van der Waals surface area contributed by atoms with Gasteiger partial charge >= 0.3 is 5.97 Å². The molecule has 1 aromatic carbocycles. The SMILES string of the molecule is CCC(CC)CC(C)N1C(=O)/C(=C/c2ccc(-c3ccc(OC)c(C(=O)OC)c3)o2)SC1=S. The summed E-state index contributed by atoms with van der Waals surface area (Å²) in [5.74, 6) is 1.51. The quantitative estimate of drug-likeness (QED) is 0.238. The van der Waals surface area contributed by atoms with Crippen molar-refractivity contribution in [2.45, 2.75) is 46.1 Å². The Kier molecular flexibility index (Phi) is 8.37. The molecular weight excluding hydrogens is 458 g/mol. The minimum absolute atomic E-state index is 0.0523. The summed E-state index contributed by atoms with van der Waals surface area (Å²) in [6, 6.07) is 8.79. The molecule has 176 valence electrons. The second kappa shape index (κ2) is 11.0. The van der Waals surface area contributed by atoms with Crippen molar-refractivity contribution >= 4 is 46.3 Å². The predicted molar refractivity (Wildman–Crippen MR) is 135 cm³/mol. The van der Waals surface area contributed by atoms with Crippen molar-refractivity contribution in [2.75, 3.05) is 14.2 Å². The van der Waals surface area contributed by atoms with Gasteiger partial charge in [0.15, 0.2) is 0 Å². The number of methoxy groups -OCH3 is 2.